The summed E-state index contributed by atoms with van der Waals surface area (Å²) in [7, 11) is 0. The van der Waals surface area contributed by atoms with Crippen molar-refractivity contribution in [3.63, 3.8) is 0 Å². The number of amides is 2. The number of pyridine rings is 1. The minimum atomic E-state index is -1.46. The zero-order chi connectivity index (χ0) is 23.5. The van der Waals surface area contributed by atoms with Crippen molar-refractivity contribution in [1.29, 1.82) is 5.26 Å². The number of nitriles is 1. The largest absolute Gasteiger partial charge is 0.486 e. The quantitative estimate of drug-likeness (QED) is 0.689. The number of likely N-dealkylation sites (tertiary alicyclic amines) is 1. The molecular weight excluding hydrogens is 434 g/mol. The standard InChI is InChI=1S/C23H22F2N4O4/c24-17-9-16(17)23(32)28-21-8-14(3-5-27-21)13-1-2-19(15(7-13)10-26)33-20-4-6-29(11-18(20)25)22(31)12-30/h1-3,5,7-8,16-18,20,30H,4,6,9,11-12H2,(H,27,28,32)/t16-,17-,18-,20+/m1/s1. The predicted octanol–water partition coefficient (Wildman–Crippen LogP) is 2.23. The molecule has 33 heavy (non-hydrogen) atoms. The monoisotopic (exact) mass is 456 g/mol. The number of nitrogens with zero attached hydrogens (tertiary/aromatic N) is 3. The molecule has 2 amide bonds. The van der Waals surface area contributed by atoms with E-state index in [1.165, 1.54) is 11.1 Å². The molecule has 4 rings (SSSR count). The number of aromatic nitrogens is 1. The predicted molar refractivity (Wildman–Crippen MR) is 114 cm³/mol. The molecule has 1 aliphatic carbocycles. The summed E-state index contributed by atoms with van der Waals surface area (Å²) in [6, 6.07) is 10.2. The topological polar surface area (TPSA) is 116 Å². The zero-order valence-corrected chi connectivity index (χ0v) is 17.6. The van der Waals surface area contributed by atoms with Crippen molar-refractivity contribution in [2.75, 3.05) is 25.0 Å². The fourth-order valence-electron chi connectivity index (χ4n) is 3.74. The van der Waals surface area contributed by atoms with E-state index in [1.807, 2.05) is 6.07 Å². The van der Waals surface area contributed by atoms with Crippen LogP contribution in [0.3, 0.4) is 0 Å². The first-order chi connectivity index (χ1) is 15.9. The first-order valence-corrected chi connectivity index (χ1v) is 10.5. The second-order valence-electron chi connectivity index (χ2n) is 8.06. The maximum absolute atomic E-state index is 14.5. The highest BCUT2D eigenvalue weighted by Crippen LogP contribution is 2.35. The highest BCUT2D eigenvalue weighted by Gasteiger charge is 2.43. The van der Waals surface area contributed by atoms with Gasteiger partial charge in [-0.25, -0.2) is 13.8 Å². The number of ether oxygens (including phenoxy) is 1. The smallest absolute Gasteiger partial charge is 0.248 e. The summed E-state index contributed by atoms with van der Waals surface area (Å²) in [5, 5.41) is 21.1. The van der Waals surface area contributed by atoms with E-state index >= 15 is 0 Å². The molecule has 1 saturated carbocycles. The first-order valence-electron chi connectivity index (χ1n) is 10.5. The molecule has 1 aliphatic heterocycles. The number of alkyl halides is 2. The molecule has 1 aromatic carbocycles. The van der Waals surface area contributed by atoms with Crippen molar-refractivity contribution in [2.45, 2.75) is 31.3 Å². The van der Waals surface area contributed by atoms with Crippen LogP contribution < -0.4 is 10.1 Å². The lowest BCUT2D eigenvalue weighted by Gasteiger charge is -2.34. The lowest BCUT2D eigenvalue weighted by Crippen LogP contribution is -2.50. The molecule has 1 saturated heterocycles. The molecule has 8 nitrogen and oxygen atoms in total. The van der Waals surface area contributed by atoms with Gasteiger partial charge in [-0.1, -0.05) is 6.07 Å². The Labute approximate surface area is 188 Å². The normalized spacial score (nSPS) is 24.0. The Morgan fingerprint density at radius 3 is 2.67 bits per heavy atom. The summed E-state index contributed by atoms with van der Waals surface area (Å²) in [6.45, 7) is -0.602. The second kappa shape index (κ2) is 9.50. The summed E-state index contributed by atoms with van der Waals surface area (Å²) in [6.07, 6.45) is -1.44. The van der Waals surface area contributed by atoms with Gasteiger partial charge in [0.25, 0.3) is 0 Å². The third-order valence-corrected chi connectivity index (χ3v) is 5.74. The Morgan fingerprint density at radius 2 is 2.00 bits per heavy atom. The molecule has 2 N–H and O–H groups in total. The van der Waals surface area contributed by atoms with Crippen LogP contribution in [0, 0.1) is 17.2 Å². The van der Waals surface area contributed by atoms with E-state index in [9.17, 15) is 23.6 Å². The molecule has 0 bridgehead atoms. The Kier molecular flexibility index (Phi) is 6.51. The van der Waals surface area contributed by atoms with Crippen molar-refractivity contribution in [2.24, 2.45) is 5.92 Å². The first kappa shape index (κ1) is 22.6. The van der Waals surface area contributed by atoms with Crippen LogP contribution in [0.4, 0.5) is 14.6 Å². The van der Waals surface area contributed by atoms with E-state index in [0.29, 0.717) is 11.1 Å². The van der Waals surface area contributed by atoms with Gasteiger partial charge in [-0.15, -0.1) is 0 Å². The lowest BCUT2D eigenvalue weighted by atomic mass is 10.0. The summed E-state index contributed by atoms with van der Waals surface area (Å²) < 4.78 is 33.4. The van der Waals surface area contributed by atoms with Gasteiger partial charge in [0, 0.05) is 19.2 Å². The van der Waals surface area contributed by atoms with Crippen molar-refractivity contribution >= 4 is 17.6 Å². The van der Waals surface area contributed by atoms with Gasteiger partial charge < -0.3 is 20.1 Å². The van der Waals surface area contributed by atoms with Gasteiger partial charge >= 0.3 is 0 Å². The maximum atomic E-state index is 14.5. The van der Waals surface area contributed by atoms with E-state index in [2.05, 4.69) is 10.3 Å². The van der Waals surface area contributed by atoms with E-state index < -0.39 is 42.8 Å². The number of nitrogens with one attached hydrogen (secondary N) is 1. The number of carbonyl (C=O) groups excluding carboxylic acids is 2. The number of anilines is 1. The maximum Gasteiger partial charge on any atom is 0.248 e. The molecule has 10 heteroatoms. The van der Waals surface area contributed by atoms with E-state index in [1.54, 1.807) is 30.3 Å². The Morgan fingerprint density at radius 1 is 1.24 bits per heavy atom. The van der Waals surface area contributed by atoms with Gasteiger partial charge in [0.05, 0.1) is 18.0 Å². The van der Waals surface area contributed by atoms with E-state index in [-0.39, 0.29) is 43.1 Å². The van der Waals surface area contributed by atoms with Crippen LogP contribution >= 0.6 is 0 Å². The van der Waals surface area contributed by atoms with Crippen molar-refractivity contribution < 1.29 is 28.2 Å². The Bertz CT molecular complexity index is 1110. The minimum Gasteiger partial charge on any atom is -0.486 e. The van der Waals surface area contributed by atoms with Crippen LogP contribution in [0.5, 0.6) is 5.75 Å². The average molecular weight is 456 g/mol. The van der Waals surface area contributed by atoms with Gasteiger partial charge in [-0.2, -0.15) is 5.26 Å². The van der Waals surface area contributed by atoms with Crippen LogP contribution in [0.15, 0.2) is 36.5 Å². The van der Waals surface area contributed by atoms with Crippen LogP contribution in [0.2, 0.25) is 0 Å². The van der Waals surface area contributed by atoms with E-state index in [0.717, 1.165) is 0 Å². The number of aliphatic hydroxyl groups is 1. The number of aliphatic hydroxyl groups excluding tert-OH is 1. The number of hydrogen-bond acceptors (Lipinski definition) is 6. The molecule has 2 heterocycles. The van der Waals surface area contributed by atoms with Crippen molar-refractivity contribution in [3.05, 3.63) is 42.1 Å². The molecule has 2 aliphatic rings. The minimum absolute atomic E-state index is 0.181. The number of rotatable bonds is 6. The zero-order valence-electron chi connectivity index (χ0n) is 17.6. The molecule has 0 radical (unpaired) electrons. The average Bonchev–Trinajstić information content (AvgIpc) is 3.57. The molecule has 2 aromatic rings. The summed E-state index contributed by atoms with van der Waals surface area (Å²) in [5.41, 5.74) is 1.54. The van der Waals surface area contributed by atoms with Gasteiger partial charge in [-0.3, -0.25) is 9.59 Å². The third-order valence-electron chi connectivity index (χ3n) is 5.74. The van der Waals surface area contributed by atoms with Gasteiger partial charge in [0.2, 0.25) is 11.8 Å². The highest BCUT2D eigenvalue weighted by atomic mass is 19.1. The number of benzene rings is 1. The van der Waals surface area contributed by atoms with E-state index in [4.69, 9.17) is 9.84 Å². The van der Waals surface area contributed by atoms with Gasteiger partial charge in [0.1, 0.15) is 36.5 Å². The Hall–Kier alpha value is -3.58. The molecule has 172 valence electrons. The van der Waals surface area contributed by atoms with Gasteiger partial charge in [-0.05, 0) is 41.8 Å². The fraction of sp³-hybridized carbons (Fsp3) is 0.391. The second-order valence-corrected chi connectivity index (χ2v) is 8.06. The summed E-state index contributed by atoms with van der Waals surface area (Å²) >= 11 is 0. The number of carbonyl (C=O) groups is 2. The Balaban J connectivity index is 1.46. The number of halogens is 2. The molecule has 2 fully saturated rings. The van der Waals surface area contributed by atoms with Crippen molar-refractivity contribution in [1.82, 2.24) is 9.88 Å². The van der Waals surface area contributed by atoms with Crippen LogP contribution in [-0.2, 0) is 9.59 Å². The molecule has 1 aromatic heterocycles. The van der Waals surface area contributed by atoms with Crippen LogP contribution in [0.1, 0.15) is 18.4 Å². The van der Waals surface area contributed by atoms with Crippen LogP contribution in [-0.4, -0.2) is 64.9 Å². The lowest BCUT2D eigenvalue weighted by molar-refractivity contribution is -0.138. The SMILES string of the molecule is N#Cc1cc(-c2ccnc(NC(=O)[C@@H]3C[C@H]3F)c2)ccc1O[C@H]1CCN(C(=O)CO)C[C@H]1F. The summed E-state index contributed by atoms with van der Waals surface area (Å²) in [4.78, 5) is 28.8. The highest BCUT2D eigenvalue weighted by molar-refractivity contribution is 5.94. The number of hydrogen-bond donors (Lipinski definition) is 2. The fourth-order valence-corrected chi connectivity index (χ4v) is 3.74. The van der Waals surface area contributed by atoms with Crippen molar-refractivity contribution in [3.8, 4) is 22.9 Å². The van der Waals surface area contributed by atoms with Crippen LogP contribution in [0.25, 0.3) is 11.1 Å². The molecular formula is C23H22F2N4O4. The number of piperidine rings is 1. The molecule has 0 spiro atoms. The molecule has 4 atom stereocenters. The summed E-state index contributed by atoms with van der Waals surface area (Å²) in [5.74, 6) is -1.08. The molecule has 0 unspecified atom stereocenters. The third kappa shape index (κ3) is 5.09. The van der Waals surface area contributed by atoms with Gasteiger partial charge in [0.15, 0.2) is 6.17 Å².